The van der Waals surface area contributed by atoms with Gasteiger partial charge in [0.2, 0.25) is 5.91 Å². The molecule has 0 aliphatic carbocycles. The summed E-state index contributed by atoms with van der Waals surface area (Å²) in [6, 6.07) is 8.33. The lowest BCUT2D eigenvalue weighted by Crippen LogP contribution is -2.43. The van der Waals surface area contributed by atoms with Crippen LogP contribution in [0.15, 0.2) is 24.3 Å². The molecular weight excluding hydrogens is 264 g/mol. The third-order valence-corrected chi connectivity index (χ3v) is 4.08. The van der Waals surface area contributed by atoms with Crippen LogP contribution in [0.5, 0.6) is 5.75 Å². The first-order valence-electron chi connectivity index (χ1n) is 7.83. The number of amides is 1. The standard InChI is InChI=1S/C17H26N2O2/c1-13(19-17(20)15-4-3-11-18-12-15)5-6-14-7-9-16(21-2)10-8-14/h7-10,13,15,18H,3-6,11-12H2,1-2H3,(H,19,20). The summed E-state index contributed by atoms with van der Waals surface area (Å²) in [7, 11) is 1.67. The van der Waals surface area contributed by atoms with Gasteiger partial charge in [0.25, 0.3) is 0 Å². The Kier molecular flexibility index (Phi) is 6.05. The fourth-order valence-electron chi connectivity index (χ4n) is 2.68. The zero-order valence-electron chi connectivity index (χ0n) is 13.0. The smallest absolute Gasteiger partial charge is 0.224 e. The summed E-state index contributed by atoms with van der Waals surface area (Å²) >= 11 is 0. The van der Waals surface area contributed by atoms with Crippen LogP contribution >= 0.6 is 0 Å². The molecule has 2 atom stereocenters. The maximum Gasteiger partial charge on any atom is 0.224 e. The average Bonchev–Trinajstić information content (AvgIpc) is 2.54. The Bertz CT molecular complexity index is 439. The van der Waals surface area contributed by atoms with E-state index in [2.05, 4.69) is 29.7 Å². The van der Waals surface area contributed by atoms with Gasteiger partial charge in [0.05, 0.1) is 13.0 Å². The number of carbonyl (C=O) groups is 1. The van der Waals surface area contributed by atoms with E-state index in [1.807, 2.05) is 12.1 Å². The normalized spacial score (nSPS) is 19.8. The largest absolute Gasteiger partial charge is 0.497 e. The predicted molar refractivity (Wildman–Crippen MR) is 84.5 cm³/mol. The maximum absolute atomic E-state index is 12.1. The Morgan fingerprint density at radius 1 is 1.43 bits per heavy atom. The summed E-state index contributed by atoms with van der Waals surface area (Å²) in [5.74, 6) is 1.22. The minimum atomic E-state index is 0.141. The Hall–Kier alpha value is -1.55. The highest BCUT2D eigenvalue weighted by Gasteiger charge is 2.21. The number of benzene rings is 1. The zero-order valence-corrected chi connectivity index (χ0v) is 13.0. The van der Waals surface area contributed by atoms with Gasteiger partial charge >= 0.3 is 0 Å². The van der Waals surface area contributed by atoms with Crippen molar-refractivity contribution >= 4 is 5.91 Å². The fourth-order valence-corrected chi connectivity index (χ4v) is 2.68. The van der Waals surface area contributed by atoms with E-state index in [-0.39, 0.29) is 17.9 Å². The fraction of sp³-hybridized carbons (Fsp3) is 0.588. The molecular formula is C17H26N2O2. The second-order valence-corrected chi connectivity index (χ2v) is 5.84. The molecule has 1 aliphatic rings. The SMILES string of the molecule is COc1ccc(CCC(C)NC(=O)C2CCCNC2)cc1. The van der Waals surface area contributed by atoms with Crippen LogP contribution in [0.2, 0.25) is 0 Å². The van der Waals surface area contributed by atoms with E-state index >= 15 is 0 Å². The summed E-state index contributed by atoms with van der Waals surface area (Å²) in [5, 5.41) is 6.42. The molecule has 21 heavy (non-hydrogen) atoms. The molecule has 1 aromatic carbocycles. The van der Waals surface area contributed by atoms with E-state index in [1.165, 1.54) is 5.56 Å². The summed E-state index contributed by atoms with van der Waals surface area (Å²) < 4.78 is 5.15. The zero-order chi connectivity index (χ0) is 15.1. The van der Waals surface area contributed by atoms with Gasteiger partial charge in [-0.05, 0) is 56.8 Å². The molecule has 0 bridgehead atoms. The van der Waals surface area contributed by atoms with Crippen molar-refractivity contribution in [3.05, 3.63) is 29.8 Å². The maximum atomic E-state index is 12.1. The molecule has 1 saturated heterocycles. The third kappa shape index (κ3) is 5.05. The number of piperidine rings is 1. The molecule has 0 radical (unpaired) electrons. The highest BCUT2D eigenvalue weighted by Crippen LogP contribution is 2.14. The quantitative estimate of drug-likeness (QED) is 0.844. The van der Waals surface area contributed by atoms with Crippen molar-refractivity contribution in [3.8, 4) is 5.75 Å². The van der Waals surface area contributed by atoms with Crippen LogP contribution in [0, 0.1) is 5.92 Å². The first-order chi connectivity index (χ1) is 10.2. The van der Waals surface area contributed by atoms with Crippen molar-refractivity contribution in [1.82, 2.24) is 10.6 Å². The van der Waals surface area contributed by atoms with Gasteiger partial charge in [0.15, 0.2) is 0 Å². The molecule has 2 unspecified atom stereocenters. The first kappa shape index (κ1) is 15.8. The summed E-state index contributed by atoms with van der Waals surface area (Å²) in [5.41, 5.74) is 1.27. The second kappa shape index (κ2) is 8.03. The molecule has 1 amide bonds. The highest BCUT2D eigenvalue weighted by atomic mass is 16.5. The van der Waals surface area contributed by atoms with Gasteiger partial charge in [-0.25, -0.2) is 0 Å². The molecule has 4 nitrogen and oxygen atoms in total. The molecule has 0 aromatic heterocycles. The van der Waals surface area contributed by atoms with Crippen molar-refractivity contribution in [1.29, 1.82) is 0 Å². The Labute approximate surface area is 127 Å². The number of rotatable bonds is 6. The van der Waals surface area contributed by atoms with Crippen LogP contribution in [0.1, 0.15) is 31.7 Å². The van der Waals surface area contributed by atoms with Crippen LogP contribution in [-0.2, 0) is 11.2 Å². The minimum absolute atomic E-state index is 0.141. The van der Waals surface area contributed by atoms with Gasteiger partial charge in [0, 0.05) is 12.6 Å². The van der Waals surface area contributed by atoms with Crippen LogP contribution in [0.4, 0.5) is 0 Å². The van der Waals surface area contributed by atoms with Gasteiger partial charge in [0.1, 0.15) is 5.75 Å². The van der Waals surface area contributed by atoms with Crippen molar-refractivity contribution in [2.24, 2.45) is 5.92 Å². The molecule has 2 rings (SSSR count). The number of hydrogen-bond donors (Lipinski definition) is 2. The number of aryl methyl sites for hydroxylation is 1. The van der Waals surface area contributed by atoms with Crippen LogP contribution < -0.4 is 15.4 Å². The monoisotopic (exact) mass is 290 g/mol. The summed E-state index contributed by atoms with van der Waals surface area (Å²) in [6.45, 7) is 3.94. The predicted octanol–water partition coefficient (Wildman–Crippen LogP) is 2.13. The molecule has 1 heterocycles. The number of nitrogens with one attached hydrogen (secondary N) is 2. The molecule has 1 aliphatic heterocycles. The van der Waals surface area contributed by atoms with Crippen molar-refractivity contribution in [2.45, 2.75) is 38.6 Å². The Balaban J connectivity index is 1.73. The molecule has 0 spiro atoms. The average molecular weight is 290 g/mol. The number of hydrogen-bond acceptors (Lipinski definition) is 3. The topological polar surface area (TPSA) is 50.4 Å². The molecule has 2 N–H and O–H groups in total. The van der Waals surface area contributed by atoms with Crippen LogP contribution in [0.3, 0.4) is 0 Å². The van der Waals surface area contributed by atoms with E-state index < -0.39 is 0 Å². The highest BCUT2D eigenvalue weighted by molar-refractivity contribution is 5.79. The minimum Gasteiger partial charge on any atom is -0.497 e. The lowest BCUT2D eigenvalue weighted by Gasteiger charge is -2.24. The van der Waals surface area contributed by atoms with E-state index in [4.69, 9.17) is 4.74 Å². The molecule has 1 aromatic rings. The summed E-state index contributed by atoms with van der Waals surface area (Å²) in [4.78, 5) is 12.1. The van der Waals surface area contributed by atoms with E-state index in [9.17, 15) is 4.79 Å². The second-order valence-electron chi connectivity index (χ2n) is 5.84. The number of carbonyl (C=O) groups excluding carboxylic acids is 1. The summed E-state index contributed by atoms with van der Waals surface area (Å²) in [6.07, 6.45) is 4.02. The van der Waals surface area contributed by atoms with Gasteiger partial charge < -0.3 is 15.4 Å². The van der Waals surface area contributed by atoms with Gasteiger partial charge in [-0.15, -0.1) is 0 Å². The van der Waals surface area contributed by atoms with Gasteiger partial charge in [-0.3, -0.25) is 4.79 Å². The van der Waals surface area contributed by atoms with Crippen molar-refractivity contribution < 1.29 is 9.53 Å². The molecule has 116 valence electrons. The van der Waals surface area contributed by atoms with Gasteiger partial charge in [-0.1, -0.05) is 12.1 Å². The Morgan fingerprint density at radius 2 is 2.19 bits per heavy atom. The molecule has 4 heteroatoms. The van der Waals surface area contributed by atoms with Crippen LogP contribution in [-0.4, -0.2) is 32.1 Å². The van der Waals surface area contributed by atoms with Crippen molar-refractivity contribution in [3.63, 3.8) is 0 Å². The Morgan fingerprint density at radius 3 is 2.81 bits per heavy atom. The number of methoxy groups -OCH3 is 1. The van der Waals surface area contributed by atoms with Crippen molar-refractivity contribution in [2.75, 3.05) is 20.2 Å². The lowest BCUT2D eigenvalue weighted by atomic mass is 9.98. The lowest BCUT2D eigenvalue weighted by molar-refractivity contribution is -0.126. The number of ether oxygens (including phenoxy) is 1. The van der Waals surface area contributed by atoms with E-state index in [0.29, 0.717) is 0 Å². The van der Waals surface area contributed by atoms with E-state index in [1.54, 1.807) is 7.11 Å². The molecule has 1 fully saturated rings. The van der Waals surface area contributed by atoms with E-state index in [0.717, 1.165) is 44.5 Å². The third-order valence-electron chi connectivity index (χ3n) is 4.08. The van der Waals surface area contributed by atoms with Gasteiger partial charge in [-0.2, -0.15) is 0 Å². The van der Waals surface area contributed by atoms with Crippen LogP contribution in [0.25, 0.3) is 0 Å². The molecule has 0 saturated carbocycles. The first-order valence-corrected chi connectivity index (χ1v) is 7.83.